The molecule has 2 amide bonds. The van der Waals surface area contributed by atoms with Gasteiger partial charge in [0.2, 0.25) is 0 Å². The van der Waals surface area contributed by atoms with Gasteiger partial charge in [0.1, 0.15) is 0 Å². The van der Waals surface area contributed by atoms with Crippen molar-refractivity contribution >= 4 is 6.03 Å². The molecule has 0 aromatic rings. The molecule has 1 saturated heterocycles. The van der Waals surface area contributed by atoms with Crippen molar-refractivity contribution in [2.75, 3.05) is 26.2 Å². The van der Waals surface area contributed by atoms with E-state index in [1.807, 2.05) is 0 Å². The molecule has 0 aliphatic carbocycles. The maximum absolute atomic E-state index is 11.2. The predicted octanol–water partition coefficient (Wildman–Crippen LogP) is 0.861. The van der Waals surface area contributed by atoms with Gasteiger partial charge in [-0.25, -0.2) is 4.79 Å². The Labute approximate surface area is 91.5 Å². The SMILES string of the molecule is C=CCNC(=O)NCCC1CCCNC1. The molecule has 1 fully saturated rings. The Balaban J connectivity index is 1.99. The summed E-state index contributed by atoms with van der Waals surface area (Å²) in [6.45, 7) is 7.06. The number of urea groups is 1. The van der Waals surface area contributed by atoms with Crippen LogP contribution in [0.3, 0.4) is 0 Å². The van der Waals surface area contributed by atoms with E-state index in [1.54, 1.807) is 6.08 Å². The van der Waals surface area contributed by atoms with Gasteiger partial charge in [0.25, 0.3) is 0 Å². The number of piperidine rings is 1. The Bertz CT molecular complexity index is 200. The fraction of sp³-hybridized carbons (Fsp3) is 0.727. The molecule has 0 saturated carbocycles. The molecule has 1 heterocycles. The van der Waals surface area contributed by atoms with Gasteiger partial charge in [-0.2, -0.15) is 0 Å². The number of carbonyl (C=O) groups is 1. The van der Waals surface area contributed by atoms with Crippen molar-refractivity contribution in [3.63, 3.8) is 0 Å². The number of hydrogen-bond acceptors (Lipinski definition) is 2. The molecule has 1 aliphatic heterocycles. The topological polar surface area (TPSA) is 53.2 Å². The van der Waals surface area contributed by atoms with Crippen LogP contribution in [0.1, 0.15) is 19.3 Å². The third kappa shape index (κ3) is 5.42. The standard InChI is InChI=1S/C11H21N3O/c1-2-6-13-11(15)14-8-5-10-4-3-7-12-9-10/h2,10,12H,1,3-9H2,(H2,13,14,15). The van der Waals surface area contributed by atoms with E-state index in [9.17, 15) is 4.79 Å². The summed E-state index contributed by atoms with van der Waals surface area (Å²) >= 11 is 0. The number of nitrogens with one attached hydrogen (secondary N) is 3. The first kappa shape index (κ1) is 12.0. The molecule has 0 spiro atoms. The summed E-state index contributed by atoms with van der Waals surface area (Å²) in [7, 11) is 0. The lowest BCUT2D eigenvalue weighted by atomic mass is 9.96. The third-order valence-electron chi connectivity index (χ3n) is 2.64. The Hall–Kier alpha value is -1.03. The van der Waals surface area contributed by atoms with E-state index in [2.05, 4.69) is 22.5 Å². The monoisotopic (exact) mass is 211 g/mol. The molecule has 1 unspecified atom stereocenters. The lowest BCUT2D eigenvalue weighted by Gasteiger charge is -2.22. The second kappa shape index (κ2) is 7.29. The van der Waals surface area contributed by atoms with Crippen LogP contribution in [0.2, 0.25) is 0 Å². The van der Waals surface area contributed by atoms with Gasteiger partial charge < -0.3 is 16.0 Å². The van der Waals surface area contributed by atoms with Crippen molar-refractivity contribution in [3.8, 4) is 0 Å². The van der Waals surface area contributed by atoms with Gasteiger partial charge in [0.05, 0.1) is 0 Å². The highest BCUT2D eigenvalue weighted by molar-refractivity contribution is 5.73. The van der Waals surface area contributed by atoms with E-state index in [0.717, 1.165) is 32.0 Å². The second-order valence-corrected chi connectivity index (χ2v) is 3.93. The molecular formula is C11H21N3O. The molecule has 1 aliphatic rings. The maximum atomic E-state index is 11.2. The van der Waals surface area contributed by atoms with Crippen LogP contribution in [0.25, 0.3) is 0 Å². The first-order valence-corrected chi connectivity index (χ1v) is 5.66. The molecule has 4 nitrogen and oxygen atoms in total. The van der Waals surface area contributed by atoms with Gasteiger partial charge in [-0.3, -0.25) is 0 Å². The highest BCUT2D eigenvalue weighted by atomic mass is 16.2. The minimum Gasteiger partial charge on any atom is -0.338 e. The zero-order chi connectivity index (χ0) is 10.9. The zero-order valence-corrected chi connectivity index (χ0v) is 9.22. The van der Waals surface area contributed by atoms with Crippen LogP contribution >= 0.6 is 0 Å². The Morgan fingerprint density at radius 2 is 2.40 bits per heavy atom. The molecular weight excluding hydrogens is 190 g/mol. The van der Waals surface area contributed by atoms with Gasteiger partial charge in [-0.05, 0) is 38.3 Å². The van der Waals surface area contributed by atoms with Gasteiger partial charge in [0.15, 0.2) is 0 Å². The molecule has 0 aromatic heterocycles. The van der Waals surface area contributed by atoms with Crippen LogP contribution in [0.15, 0.2) is 12.7 Å². The summed E-state index contributed by atoms with van der Waals surface area (Å²) in [6, 6.07) is -0.0985. The molecule has 86 valence electrons. The summed E-state index contributed by atoms with van der Waals surface area (Å²) in [5.41, 5.74) is 0. The van der Waals surface area contributed by atoms with Gasteiger partial charge >= 0.3 is 6.03 Å². The van der Waals surface area contributed by atoms with Crippen LogP contribution in [0.5, 0.6) is 0 Å². The van der Waals surface area contributed by atoms with Crippen molar-refractivity contribution in [2.24, 2.45) is 5.92 Å². The highest BCUT2D eigenvalue weighted by Gasteiger charge is 2.12. The molecule has 0 aromatic carbocycles. The molecule has 4 heteroatoms. The van der Waals surface area contributed by atoms with Crippen LogP contribution in [0.4, 0.5) is 4.79 Å². The van der Waals surface area contributed by atoms with Crippen LogP contribution in [-0.2, 0) is 0 Å². The normalized spacial score (nSPS) is 20.7. The lowest BCUT2D eigenvalue weighted by molar-refractivity contribution is 0.240. The van der Waals surface area contributed by atoms with Crippen molar-refractivity contribution in [1.82, 2.24) is 16.0 Å². The summed E-state index contributed by atoms with van der Waals surface area (Å²) in [5.74, 6) is 0.721. The third-order valence-corrected chi connectivity index (χ3v) is 2.64. The van der Waals surface area contributed by atoms with Crippen molar-refractivity contribution in [1.29, 1.82) is 0 Å². The minimum atomic E-state index is -0.0985. The van der Waals surface area contributed by atoms with Gasteiger partial charge in [0, 0.05) is 13.1 Å². The predicted molar refractivity (Wildman–Crippen MR) is 61.8 cm³/mol. The quantitative estimate of drug-likeness (QED) is 0.591. The summed E-state index contributed by atoms with van der Waals surface area (Å²) in [5, 5.41) is 8.89. The average Bonchev–Trinajstić information content (AvgIpc) is 2.28. The van der Waals surface area contributed by atoms with E-state index >= 15 is 0 Å². The molecule has 1 atom stereocenters. The minimum absolute atomic E-state index is 0.0985. The Kier molecular flexibility index (Phi) is 5.85. The Morgan fingerprint density at radius 1 is 1.53 bits per heavy atom. The smallest absolute Gasteiger partial charge is 0.315 e. The fourth-order valence-corrected chi connectivity index (χ4v) is 1.79. The van der Waals surface area contributed by atoms with Crippen LogP contribution in [0, 0.1) is 5.92 Å². The largest absolute Gasteiger partial charge is 0.338 e. The van der Waals surface area contributed by atoms with Crippen molar-refractivity contribution in [3.05, 3.63) is 12.7 Å². The van der Waals surface area contributed by atoms with Gasteiger partial charge in [-0.15, -0.1) is 6.58 Å². The molecule has 3 N–H and O–H groups in total. The summed E-state index contributed by atoms with van der Waals surface area (Å²) in [4.78, 5) is 11.2. The highest BCUT2D eigenvalue weighted by Crippen LogP contribution is 2.12. The summed E-state index contributed by atoms with van der Waals surface area (Å²) < 4.78 is 0. The summed E-state index contributed by atoms with van der Waals surface area (Å²) in [6.07, 6.45) is 5.27. The van der Waals surface area contributed by atoms with E-state index in [4.69, 9.17) is 0 Å². The van der Waals surface area contributed by atoms with Crippen molar-refractivity contribution in [2.45, 2.75) is 19.3 Å². The van der Waals surface area contributed by atoms with Gasteiger partial charge in [-0.1, -0.05) is 6.08 Å². The van der Waals surface area contributed by atoms with E-state index < -0.39 is 0 Å². The number of carbonyl (C=O) groups excluding carboxylic acids is 1. The van der Waals surface area contributed by atoms with E-state index in [-0.39, 0.29) is 6.03 Å². The molecule has 15 heavy (non-hydrogen) atoms. The van der Waals surface area contributed by atoms with E-state index in [0.29, 0.717) is 6.54 Å². The maximum Gasteiger partial charge on any atom is 0.315 e. The first-order valence-electron chi connectivity index (χ1n) is 5.66. The van der Waals surface area contributed by atoms with Crippen LogP contribution < -0.4 is 16.0 Å². The molecule has 1 rings (SSSR count). The van der Waals surface area contributed by atoms with Crippen LogP contribution in [-0.4, -0.2) is 32.2 Å². The number of rotatable bonds is 5. The van der Waals surface area contributed by atoms with E-state index in [1.165, 1.54) is 12.8 Å². The molecule has 0 bridgehead atoms. The lowest BCUT2D eigenvalue weighted by Crippen LogP contribution is -2.38. The second-order valence-electron chi connectivity index (χ2n) is 3.93. The average molecular weight is 211 g/mol. The molecule has 0 radical (unpaired) electrons. The Morgan fingerprint density at radius 3 is 3.07 bits per heavy atom. The zero-order valence-electron chi connectivity index (χ0n) is 9.22. The van der Waals surface area contributed by atoms with Crippen molar-refractivity contribution < 1.29 is 4.79 Å². The first-order chi connectivity index (χ1) is 7.33. The number of amides is 2. The number of hydrogen-bond donors (Lipinski definition) is 3. The fourth-order valence-electron chi connectivity index (χ4n) is 1.79.